The van der Waals surface area contributed by atoms with Crippen LogP contribution in [-0.2, 0) is 29.7 Å². The summed E-state index contributed by atoms with van der Waals surface area (Å²) in [6.45, 7) is 13.6. The van der Waals surface area contributed by atoms with Gasteiger partial charge < -0.3 is 0 Å². The molecule has 1 fully saturated rings. The third-order valence-electron chi connectivity index (χ3n) is 7.79. The molecule has 0 heterocycles. The van der Waals surface area contributed by atoms with E-state index in [0.717, 1.165) is 0 Å². The number of hydrogen-bond acceptors (Lipinski definition) is 0. The zero-order chi connectivity index (χ0) is 28.9. The van der Waals surface area contributed by atoms with Crippen molar-refractivity contribution in [2.75, 3.05) is 0 Å². The minimum atomic E-state index is -2.22. The molecule has 1 aliphatic carbocycles. The number of halogens is 2. The molecule has 0 unspecified atom stereocenters. The second-order valence-electron chi connectivity index (χ2n) is 12.9. The average molecular weight is 649 g/mol. The summed E-state index contributed by atoms with van der Waals surface area (Å²) in [4.78, 5) is 0. The minimum absolute atomic E-state index is 0.203. The summed E-state index contributed by atoms with van der Waals surface area (Å²) in [5.41, 5.74) is 4.50. The van der Waals surface area contributed by atoms with Crippen molar-refractivity contribution >= 4 is 41.8 Å². The predicted octanol–water partition coefficient (Wildman–Crippen LogP) is 11.6. The second kappa shape index (κ2) is 13.5. The van der Waals surface area contributed by atoms with Gasteiger partial charge in [0.25, 0.3) is 0 Å². The number of fused-ring (bicyclic) bond motifs is 3. The third kappa shape index (κ3) is 7.94. The third-order valence-corrected chi connectivity index (χ3v) is 12.9. The first-order valence-electron chi connectivity index (χ1n) is 14.4. The van der Waals surface area contributed by atoms with Crippen LogP contribution in [0.1, 0.15) is 77.5 Å². The van der Waals surface area contributed by atoms with E-state index in [4.69, 9.17) is 17.0 Å². The van der Waals surface area contributed by atoms with Gasteiger partial charge in [0, 0.05) is 0 Å². The Morgan fingerprint density at radius 1 is 0.700 bits per heavy atom. The van der Waals surface area contributed by atoms with Crippen molar-refractivity contribution in [3.8, 4) is 0 Å². The van der Waals surface area contributed by atoms with Gasteiger partial charge in [-0.15, -0.1) is 39.7 Å². The van der Waals surface area contributed by atoms with E-state index in [-0.39, 0.29) is 10.8 Å². The molecule has 0 saturated heterocycles. The molecule has 1 aliphatic rings. The van der Waals surface area contributed by atoms with E-state index in [2.05, 4.69) is 108 Å². The monoisotopic (exact) mass is 646 g/mol. The fraction of sp³-hybridized carbons (Fsp3) is 0.324. The Labute approximate surface area is 256 Å². The Morgan fingerprint density at radius 2 is 1.20 bits per heavy atom. The standard InChI is InChI=1S/C21H25.C11H12.C5H5.2ClH.Zr/c1-20(2,3)16-7-9-18-14(12-16)11-15-13-17(21(4,5)6)8-10-19(15)18;1-2-5-10(6-3-1)9-11-7-4-8-11;1-2-4-5-3-1;;;/h7-13H,1-6H3;1-3,5-6,11H,4,7-8H2;1-5H;2*1H;/q-1;;-1;;;+2/p-2. The Bertz CT molecular complexity index is 1450. The van der Waals surface area contributed by atoms with Crippen LogP contribution in [0.5, 0.6) is 0 Å². The summed E-state index contributed by atoms with van der Waals surface area (Å²) in [6.07, 6.45) is 3.91. The Hall–Kier alpha value is -1.79. The van der Waals surface area contributed by atoms with Gasteiger partial charge in [-0.25, -0.2) is 12.1 Å². The molecule has 0 spiro atoms. The van der Waals surface area contributed by atoms with Gasteiger partial charge in [0.2, 0.25) is 0 Å². The molecule has 0 radical (unpaired) electrons. The van der Waals surface area contributed by atoms with Crippen molar-refractivity contribution in [3.05, 3.63) is 120 Å². The zero-order valence-corrected chi connectivity index (χ0v) is 28.7. The SMILES string of the molecule is CC(C)(C)c1ccc2c(c1)[cH-]c1cc(C(C)(C)C)ccc12.[Cl][Zr]([Cl])=[C](c1ccccc1)C1CCC1.c1cc[cH-]c1. The van der Waals surface area contributed by atoms with Crippen molar-refractivity contribution in [3.63, 3.8) is 0 Å². The number of benzene rings is 3. The summed E-state index contributed by atoms with van der Waals surface area (Å²) in [6, 6.07) is 36.6. The molecule has 0 atom stereocenters. The molecule has 0 aromatic heterocycles. The Morgan fingerprint density at radius 3 is 1.55 bits per heavy atom. The van der Waals surface area contributed by atoms with Crippen LogP contribution < -0.4 is 0 Å². The van der Waals surface area contributed by atoms with Crippen molar-refractivity contribution in [2.24, 2.45) is 5.92 Å². The first-order chi connectivity index (χ1) is 18.9. The van der Waals surface area contributed by atoms with Gasteiger partial charge in [-0.1, -0.05) is 76.9 Å². The summed E-state index contributed by atoms with van der Waals surface area (Å²) in [5, 5.41) is 5.48. The molecule has 0 amide bonds. The maximum absolute atomic E-state index is 6.21. The predicted molar refractivity (Wildman–Crippen MR) is 176 cm³/mol. The van der Waals surface area contributed by atoms with Crippen LogP contribution in [0.15, 0.2) is 103 Å². The summed E-state index contributed by atoms with van der Waals surface area (Å²) in [7, 11) is 12.4. The molecule has 1 saturated carbocycles. The molecule has 0 aliphatic heterocycles. The minimum Gasteiger partial charge on any atom is -0.214 e. The maximum atomic E-state index is 6.21. The zero-order valence-electron chi connectivity index (χ0n) is 24.8. The van der Waals surface area contributed by atoms with Gasteiger partial charge >= 0.3 is 100 Å². The van der Waals surface area contributed by atoms with Crippen LogP contribution in [0, 0.1) is 5.92 Å². The number of rotatable bonds is 2. The fourth-order valence-corrected chi connectivity index (χ4v) is 10.6. The van der Waals surface area contributed by atoms with Crippen LogP contribution in [0.3, 0.4) is 0 Å². The van der Waals surface area contributed by atoms with E-state index >= 15 is 0 Å². The van der Waals surface area contributed by atoms with E-state index in [0.29, 0.717) is 5.92 Å². The van der Waals surface area contributed by atoms with Gasteiger partial charge in [0.1, 0.15) is 0 Å². The molecule has 0 nitrogen and oxygen atoms in total. The average Bonchev–Trinajstić information content (AvgIpc) is 3.57. The molecule has 210 valence electrons. The van der Waals surface area contributed by atoms with Gasteiger partial charge in [-0.3, -0.25) is 0 Å². The Kier molecular flexibility index (Phi) is 10.5. The van der Waals surface area contributed by atoms with Crippen LogP contribution in [0.2, 0.25) is 0 Å². The van der Waals surface area contributed by atoms with Crippen LogP contribution in [0.25, 0.3) is 21.5 Å². The van der Waals surface area contributed by atoms with Gasteiger partial charge in [-0.05, 0) is 10.8 Å². The summed E-state index contributed by atoms with van der Waals surface area (Å²) < 4.78 is 1.41. The van der Waals surface area contributed by atoms with Crippen molar-refractivity contribution < 1.29 is 18.9 Å². The smallest absolute Gasteiger partial charge is 0.172 e. The first kappa shape index (κ1) is 31.2. The number of hydrogen-bond donors (Lipinski definition) is 0. The van der Waals surface area contributed by atoms with Crippen molar-refractivity contribution in [2.45, 2.75) is 71.6 Å². The van der Waals surface area contributed by atoms with E-state index < -0.39 is 18.9 Å². The van der Waals surface area contributed by atoms with Gasteiger partial charge in [0.05, 0.1) is 0 Å². The quantitative estimate of drug-likeness (QED) is 0.167. The normalized spacial score (nSPS) is 13.6. The summed E-state index contributed by atoms with van der Waals surface area (Å²) in [5.74, 6) is 0.696. The van der Waals surface area contributed by atoms with Crippen LogP contribution in [0.4, 0.5) is 0 Å². The molecular formula is C37H42Cl2Zr-2. The second-order valence-corrected chi connectivity index (χ2v) is 21.1. The maximum Gasteiger partial charge on any atom is -0.172 e. The molecule has 40 heavy (non-hydrogen) atoms. The molecule has 5 aromatic carbocycles. The Balaban J connectivity index is 0.000000166. The van der Waals surface area contributed by atoms with Gasteiger partial charge in [-0.2, -0.15) is 18.2 Å². The molecule has 0 bridgehead atoms. The molecule has 5 aromatic rings. The van der Waals surface area contributed by atoms with E-state index in [9.17, 15) is 0 Å². The van der Waals surface area contributed by atoms with E-state index in [1.165, 1.54) is 60.7 Å². The largest absolute Gasteiger partial charge is 0.214 e. The van der Waals surface area contributed by atoms with Crippen molar-refractivity contribution in [1.29, 1.82) is 0 Å². The van der Waals surface area contributed by atoms with Crippen LogP contribution in [-0.4, -0.2) is 3.21 Å². The van der Waals surface area contributed by atoms with Crippen molar-refractivity contribution in [1.82, 2.24) is 0 Å². The fourth-order valence-electron chi connectivity index (χ4n) is 5.09. The molecule has 3 heteroatoms. The first-order valence-corrected chi connectivity index (χ1v) is 21.9. The molecule has 6 rings (SSSR count). The van der Waals surface area contributed by atoms with E-state index in [1.807, 2.05) is 36.4 Å². The van der Waals surface area contributed by atoms with Crippen LogP contribution >= 0.6 is 17.0 Å². The molecule has 0 N–H and O–H groups in total. The van der Waals surface area contributed by atoms with Gasteiger partial charge in [0.15, 0.2) is 0 Å². The van der Waals surface area contributed by atoms with E-state index in [1.54, 1.807) is 0 Å². The molecular weight excluding hydrogens is 607 g/mol. The topological polar surface area (TPSA) is 0 Å². The summed E-state index contributed by atoms with van der Waals surface area (Å²) >= 11 is -2.22.